The third-order valence-electron chi connectivity index (χ3n) is 3.80. The lowest BCUT2D eigenvalue weighted by molar-refractivity contribution is -0.129. The van der Waals surface area contributed by atoms with Gasteiger partial charge in [0.1, 0.15) is 5.75 Å². The van der Waals surface area contributed by atoms with Crippen LogP contribution in [0.1, 0.15) is 43.0 Å². The Hall–Kier alpha value is -2.40. The number of carbonyl (C=O) groups excluding carboxylic acids is 1. The number of benzene rings is 1. The molecular weight excluding hydrogens is 334 g/mol. The highest BCUT2D eigenvalue weighted by Gasteiger charge is 2.24. The summed E-state index contributed by atoms with van der Waals surface area (Å²) in [5.41, 5.74) is 1.21. The number of thiophene rings is 1. The topological polar surface area (TPSA) is 47.9 Å². The van der Waals surface area contributed by atoms with Crippen LogP contribution in [-0.4, -0.2) is 18.5 Å². The number of ether oxygens (including phenoxy) is 2. The first-order valence-corrected chi connectivity index (χ1v) is 9.43. The second-order valence-electron chi connectivity index (χ2n) is 5.79. The van der Waals surface area contributed by atoms with Crippen LogP contribution in [0, 0.1) is 0 Å². The van der Waals surface area contributed by atoms with Gasteiger partial charge in [-0.1, -0.05) is 44.4 Å². The number of hydrogen-bond donors (Lipinski definition) is 0. The molecule has 25 heavy (non-hydrogen) atoms. The molecule has 0 fully saturated rings. The Morgan fingerprint density at radius 2 is 2.00 bits per heavy atom. The van der Waals surface area contributed by atoms with Gasteiger partial charge in [0.15, 0.2) is 5.70 Å². The van der Waals surface area contributed by atoms with Crippen LogP contribution < -0.4 is 4.74 Å². The molecule has 0 spiro atoms. The van der Waals surface area contributed by atoms with Crippen molar-refractivity contribution in [1.82, 2.24) is 0 Å². The van der Waals surface area contributed by atoms with Crippen LogP contribution in [0.3, 0.4) is 0 Å². The first kappa shape index (κ1) is 17.4. The fourth-order valence-corrected chi connectivity index (χ4v) is 3.10. The highest BCUT2D eigenvalue weighted by molar-refractivity contribution is 7.12. The van der Waals surface area contributed by atoms with Crippen LogP contribution in [0.25, 0.3) is 6.08 Å². The monoisotopic (exact) mass is 355 g/mol. The minimum atomic E-state index is -0.417. The van der Waals surface area contributed by atoms with E-state index in [1.54, 1.807) is 6.08 Å². The molecule has 5 heteroatoms. The molecule has 0 radical (unpaired) electrons. The number of nitrogens with zero attached hydrogens (tertiary/aromatic N) is 1. The molecule has 0 atom stereocenters. The number of cyclic esters (lactones) is 1. The quantitative estimate of drug-likeness (QED) is 0.378. The summed E-state index contributed by atoms with van der Waals surface area (Å²) in [6.07, 6.45) is 6.48. The van der Waals surface area contributed by atoms with E-state index in [1.807, 2.05) is 41.8 Å². The van der Waals surface area contributed by atoms with Gasteiger partial charge < -0.3 is 9.47 Å². The van der Waals surface area contributed by atoms with Crippen LogP contribution >= 0.6 is 11.3 Å². The fraction of sp³-hybridized carbons (Fsp3) is 0.300. The van der Waals surface area contributed by atoms with Gasteiger partial charge in [-0.15, -0.1) is 11.3 Å². The standard InChI is InChI=1S/C20H21NO3S/c1-2-3-4-5-12-23-16-10-8-15(9-11-16)14-17-20(22)24-19(21-17)18-7-6-13-25-18/h6-11,13-14H,2-5,12H2,1H3/b17-14-. The number of unbranched alkanes of at least 4 members (excludes halogenated alkanes) is 3. The number of aliphatic imine (C=N–C) groups is 1. The van der Waals surface area contributed by atoms with Crippen molar-refractivity contribution in [2.24, 2.45) is 4.99 Å². The molecule has 0 unspecified atom stereocenters. The van der Waals surface area contributed by atoms with Gasteiger partial charge in [0, 0.05) is 0 Å². The summed E-state index contributed by atoms with van der Waals surface area (Å²) in [7, 11) is 0. The average molecular weight is 355 g/mol. The highest BCUT2D eigenvalue weighted by Crippen LogP contribution is 2.22. The smallest absolute Gasteiger partial charge is 0.363 e. The molecule has 1 aromatic carbocycles. The van der Waals surface area contributed by atoms with Gasteiger partial charge >= 0.3 is 5.97 Å². The van der Waals surface area contributed by atoms with E-state index in [4.69, 9.17) is 9.47 Å². The van der Waals surface area contributed by atoms with Crippen molar-refractivity contribution in [3.8, 4) is 5.75 Å². The van der Waals surface area contributed by atoms with E-state index in [9.17, 15) is 4.79 Å². The number of carbonyl (C=O) groups is 1. The Balaban J connectivity index is 1.60. The van der Waals surface area contributed by atoms with Crippen molar-refractivity contribution >= 4 is 29.3 Å². The fourth-order valence-electron chi connectivity index (χ4n) is 2.45. The minimum absolute atomic E-state index is 0.316. The first-order chi connectivity index (χ1) is 12.3. The van der Waals surface area contributed by atoms with Crippen LogP contribution in [-0.2, 0) is 9.53 Å². The van der Waals surface area contributed by atoms with E-state index in [2.05, 4.69) is 11.9 Å². The minimum Gasteiger partial charge on any atom is -0.494 e. The van der Waals surface area contributed by atoms with Gasteiger partial charge in [-0.2, -0.15) is 0 Å². The van der Waals surface area contributed by atoms with E-state index in [0.717, 1.165) is 29.2 Å². The van der Waals surface area contributed by atoms with E-state index in [-0.39, 0.29) is 0 Å². The molecule has 0 aliphatic carbocycles. The number of esters is 1. The third-order valence-corrected chi connectivity index (χ3v) is 4.66. The van der Waals surface area contributed by atoms with E-state index >= 15 is 0 Å². The Kier molecular flexibility index (Phi) is 6.01. The Bertz CT molecular complexity index is 761. The molecule has 130 valence electrons. The Labute approximate surface area is 151 Å². The summed E-state index contributed by atoms with van der Waals surface area (Å²) in [6.45, 7) is 2.93. The van der Waals surface area contributed by atoms with Crippen molar-refractivity contribution in [3.63, 3.8) is 0 Å². The maximum atomic E-state index is 12.0. The van der Waals surface area contributed by atoms with Crippen molar-refractivity contribution < 1.29 is 14.3 Å². The van der Waals surface area contributed by atoms with E-state index in [1.165, 1.54) is 30.6 Å². The molecule has 1 aliphatic heterocycles. The van der Waals surface area contributed by atoms with Gasteiger partial charge in [0.05, 0.1) is 11.5 Å². The zero-order valence-corrected chi connectivity index (χ0v) is 15.1. The zero-order chi connectivity index (χ0) is 17.5. The molecule has 1 aromatic heterocycles. The second kappa shape index (κ2) is 8.62. The normalized spacial score (nSPS) is 15.3. The largest absolute Gasteiger partial charge is 0.494 e. The maximum absolute atomic E-state index is 12.0. The van der Waals surface area contributed by atoms with Crippen molar-refractivity contribution in [3.05, 3.63) is 57.9 Å². The third kappa shape index (κ3) is 4.79. The summed E-state index contributed by atoms with van der Waals surface area (Å²) >= 11 is 1.49. The molecule has 1 aliphatic rings. The molecule has 0 bridgehead atoms. The van der Waals surface area contributed by atoms with Crippen LogP contribution in [0.2, 0.25) is 0 Å². The molecular formula is C20H21NO3S. The summed E-state index contributed by atoms with van der Waals surface area (Å²) in [4.78, 5) is 17.1. The molecule has 4 nitrogen and oxygen atoms in total. The zero-order valence-electron chi connectivity index (χ0n) is 14.2. The molecule has 0 saturated heterocycles. The van der Waals surface area contributed by atoms with Gasteiger partial charge in [-0.25, -0.2) is 9.79 Å². The summed E-state index contributed by atoms with van der Waals surface area (Å²) in [5, 5.41) is 1.92. The molecule has 2 heterocycles. The molecule has 0 N–H and O–H groups in total. The number of hydrogen-bond acceptors (Lipinski definition) is 5. The Morgan fingerprint density at radius 3 is 2.72 bits per heavy atom. The lowest BCUT2D eigenvalue weighted by Gasteiger charge is -2.06. The first-order valence-electron chi connectivity index (χ1n) is 8.55. The molecule has 3 rings (SSSR count). The molecule has 0 saturated carbocycles. The SMILES string of the molecule is CCCCCCOc1ccc(/C=C2\N=C(c3cccs3)OC2=O)cc1. The lowest BCUT2D eigenvalue weighted by Crippen LogP contribution is -2.03. The van der Waals surface area contributed by atoms with E-state index < -0.39 is 5.97 Å². The summed E-state index contributed by atoms with van der Waals surface area (Å²) in [5.74, 6) is 0.799. The maximum Gasteiger partial charge on any atom is 0.363 e. The predicted octanol–water partition coefficient (Wildman–Crippen LogP) is 5.05. The predicted molar refractivity (Wildman–Crippen MR) is 101 cm³/mol. The summed E-state index contributed by atoms with van der Waals surface area (Å²) < 4.78 is 11.0. The van der Waals surface area contributed by atoms with Gasteiger partial charge in [-0.3, -0.25) is 0 Å². The van der Waals surface area contributed by atoms with Crippen LogP contribution in [0.4, 0.5) is 0 Å². The van der Waals surface area contributed by atoms with Gasteiger partial charge in [0.25, 0.3) is 0 Å². The van der Waals surface area contributed by atoms with Gasteiger partial charge in [-0.05, 0) is 41.6 Å². The van der Waals surface area contributed by atoms with Crippen LogP contribution in [0.15, 0.2) is 52.5 Å². The van der Waals surface area contributed by atoms with Gasteiger partial charge in [0.2, 0.25) is 5.90 Å². The van der Waals surface area contributed by atoms with E-state index in [0.29, 0.717) is 11.6 Å². The Morgan fingerprint density at radius 1 is 1.16 bits per heavy atom. The average Bonchev–Trinajstić information content (AvgIpc) is 3.27. The lowest BCUT2D eigenvalue weighted by atomic mass is 10.2. The summed E-state index contributed by atoms with van der Waals surface area (Å²) in [6, 6.07) is 11.4. The van der Waals surface area contributed by atoms with Crippen molar-refractivity contribution in [2.45, 2.75) is 32.6 Å². The number of rotatable bonds is 8. The van der Waals surface area contributed by atoms with Crippen molar-refractivity contribution in [1.29, 1.82) is 0 Å². The van der Waals surface area contributed by atoms with Crippen LogP contribution in [0.5, 0.6) is 5.75 Å². The highest BCUT2D eigenvalue weighted by atomic mass is 32.1. The van der Waals surface area contributed by atoms with Crippen molar-refractivity contribution in [2.75, 3.05) is 6.61 Å². The molecule has 2 aromatic rings. The molecule has 0 amide bonds. The second-order valence-corrected chi connectivity index (χ2v) is 6.74.